The van der Waals surface area contributed by atoms with E-state index in [4.69, 9.17) is 4.74 Å². The molecule has 1 N–H and O–H groups in total. The molecule has 5 unspecified atom stereocenters. The van der Waals surface area contributed by atoms with Crippen LogP contribution in [-0.2, 0) is 4.74 Å². The topological polar surface area (TPSA) is 24.5 Å². The maximum atomic E-state index is 5.82. The highest BCUT2D eigenvalue weighted by Gasteiger charge is 2.33. The zero-order valence-electron chi connectivity index (χ0n) is 13.2. The van der Waals surface area contributed by atoms with Crippen LogP contribution in [0.5, 0.6) is 0 Å². The lowest BCUT2D eigenvalue weighted by Crippen LogP contribution is -2.53. The van der Waals surface area contributed by atoms with Crippen LogP contribution in [0.15, 0.2) is 0 Å². The van der Waals surface area contributed by atoms with Gasteiger partial charge < -0.3 is 10.1 Å². The van der Waals surface area contributed by atoms with Gasteiger partial charge >= 0.3 is 0 Å². The van der Waals surface area contributed by atoms with Gasteiger partial charge in [0.05, 0.1) is 12.7 Å². The van der Waals surface area contributed by atoms with Crippen molar-refractivity contribution >= 4 is 0 Å². The van der Waals surface area contributed by atoms with Gasteiger partial charge in [-0.05, 0) is 51.5 Å². The van der Waals surface area contributed by atoms with Crippen LogP contribution >= 0.6 is 0 Å². The summed E-state index contributed by atoms with van der Waals surface area (Å²) in [6.45, 7) is 10.2. The third-order valence-electron chi connectivity index (χ3n) is 5.14. The summed E-state index contributed by atoms with van der Waals surface area (Å²) in [4.78, 5) is 2.70. The van der Waals surface area contributed by atoms with Gasteiger partial charge in [0.25, 0.3) is 0 Å². The summed E-state index contributed by atoms with van der Waals surface area (Å²) in [6.07, 6.45) is 5.72. The van der Waals surface area contributed by atoms with Crippen LogP contribution in [0.3, 0.4) is 0 Å². The predicted octanol–water partition coefficient (Wildman–Crippen LogP) is 2.51. The van der Waals surface area contributed by atoms with Gasteiger partial charge in [0, 0.05) is 25.2 Å². The number of ether oxygens (including phenoxy) is 1. The fourth-order valence-corrected chi connectivity index (χ4v) is 3.89. The Morgan fingerprint density at radius 1 is 1.26 bits per heavy atom. The lowest BCUT2D eigenvalue weighted by molar-refractivity contribution is -0.0645. The summed E-state index contributed by atoms with van der Waals surface area (Å²) in [5.74, 6) is 1.71. The Bertz CT molecular complexity index is 245. The molecular weight excluding hydrogens is 236 g/mol. The molecule has 0 amide bonds. The van der Waals surface area contributed by atoms with Crippen LogP contribution < -0.4 is 5.32 Å². The molecule has 1 aliphatic heterocycles. The van der Waals surface area contributed by atoms with Crippen LogP contribution in [0.4, 0.5) is 0 Å². The van der Waals surface area contributed by atoms with E-state index in [1.165, 1.54) is 32.2 Å². The predicted molar refractivity (Wildman–Crippen MR) is 80.4 cm³/mol. The minimum atomic E-state index is 0.400. The number of morpholine rings is 1. The number of hydrogen-bond donors (Lipinski definition) is 1. The fourth-order valence-electron chi connectivity index (χ4n) is 3.89. The molecule has 5 atom stereocenters. The summed E-state index contributed by atoms with van der Waals surface area (Å²) in [7, 11) is 2.13. The second-order valence-corrected chi connectivity index (χ2v) is 6.73. The van der Waals surface area contributed by atoms with Crippen molar-refractivity contribution in [2.24, 2.45) is 11.8 Å². The van der Waals surface area contributed by atoms with Crippen molar-refractivity contribution in [1.29, 1.82) is 0 Å². The SMILES string of the molecule is CCC1COC(C)CN1CC1CC(C)CCC1NC. The Labute approximate surface area is 119 Å². The van der Waals surface area contributed by atoms with E-state index >= 15 is 0 Å². The Hall–Kier alpha value is -0.120. The lowest BCUT2D eigenvalue weighted by atomic mass is 9.78. The van der Waals surface area contributed by atoms with Crippen molar-refractivity contribution < 1.29 is 4.74 Å². The van der Waals surface area contributed by atoms with E-state index < -0.39 is 0 Å². The average Bonchev–Trinajstić information content (AvgIpc) is 2.39. The zero-order valence-corrected chi connectivity index (χ0v) is 13.2. The standard InChI is InChI=1S/C16H32N2O/c1-5-15-11-19-13(3)9-18(15)10-14-8-12(2)6-7-16(14)17-4/h12-17H,5-11H2,1-4H3. The van der Waals surface area contributed by atoms with E-state index in [9.17, 15) is 0 Å². The first-order valence-corrected chi connectivity index (χ1v) is 8.16. The number of rotatable bonds is 4. The molecule has 0 aromatic heterocycles. The summed E-state index contributed by atoms with van der Waals surface area (Å²) >= 11 is 0. The maximum absolute atomic E-state index is 5.82. The molecule has 2 rings (SSSR count). The Kier molecular flexibility index (Phi) is 5.67. The molecule has 0 spiro atoms. The van der Waals surface area contributed by atoms with Crippen molar-refractivity contribution in [3.05, 3.63) is 0 Å². The van der Waals surface area contributed by atoms with E-state index in [1.807, 2.05) is 0 Å². The minimum Gasteiger partial charge on any atom is -0.376 e. The molecule has 1 saturated heterocycles. The van der Waals surface area contributed by atoms with E-state index in [-0.39, 0.29) is 0 Å². The second-order valence-electron chi connectivity index (χ2n) is 6.73. The molecule has 0 aromatic rings. The van der Waals surface area contributed by atoms with E-state index in [2.05, 4.69) is 38.0 Å². The smallest absolute Gasteiger partial charge is 0.0674 e. The van der Waals surface area contributed by atoms with E-state index in [0.29, 0.717) is 18.2 Å². The van der Waals surface area contributed by atoms with Crippen molar-refractivity contribution in [1.82, 2.24) is 10.2 Å². The van der Waals surface area contributed by atoms with Crippen LogP contribution in [0.25, 0.3) is 0 Å². The van der Waals surface area contributed by atoms with Crippen molar-refractivity contribution in [3.8, 4) is 0 Å². The van der Waals surface area contributed by atoms with E-state index in [1.54, 1.807) is 0 Å². The molecule has 19 heavy (non-hydrogen) atoms. The molecular formula is C16H32N2O. The molecule has 2 fully saturated rings. The van der Waals surface area contributed by atoms with Crippen LogP contribution in [0, 0.1) is 11.8 Å². The average molecular weight is 268 g/mol. The largest absolute Gasteiger partial charge is 0.376 e. The van der Waals surface area contributed by atoms with E-state index in [0.717, 1.165) is 25.0 Å². The summed E-state index contributed by atoms with van der Waals surface area (Å²) in [6, 6.07) is 1.35. The number of nitrogens with one attached hydrogen (secondary N) is 1. The van der Waals surface area contributed by atoms with Gasteiger partial charge in [-0.1, -0.05) is 13.8 Å². The molecule has 0 bridgehead atoms. The molecule has 112 valence electrons. The fraction of sp³-hybridized carbons (Fsp3) is 1.00. The quantitative estimate of drug-likeness (QED) is 0.848. The maximum Gasteiger partial charge on any atom is 0.0674 e. The minimum absolute atomic E-state index is 0.400. The molecule has 1 heterocycles. The van der Waals surface area contributed by atoms with Gasteiger partial charge in [0.1, 0.15) is 0 Å². The third-order valence-corrected chi connectivity index (χ3v) is 5.14. The van der Waals surface area contributed by atoms with Gasteiger partial charge in [-0.15, -0.1) is 0 Å². The second kappa shape index (κ2) is 7.05. The number of nitrogens with zero attached hydrogens (tertiary/aromatic N) is 1. The molecule has 3 heteroatoms. The Morgan fingerprint density at radius 3 is 2.74 bits per heavy atom. The first kappa shape index (κ1) is 15.3. The molecule has 1 saturated carbocycles. The highest BCUT2D eigenvalue weighted by Crippen LogP contribution is 2.30. The highest BCUT2D eigenvalue weighted by atomic mass is 16.5. The summed E-state index contributed by atoms with van der Waals surface area (Å²) in [5.41, 5.74) is 0. The first-order valence-electron chi connectivity index (χ1n) is 8.16. The normalized spacial score (nSPS) is 41.4. The molecule has 1 aliphatic carbocycles. The molecule has 0 radical (unpaired) electrons. The van der Waals surface area contributed by atoms with Crippen LogP contribution in [0.1, 0.15) is 46.5 Å². The molecule has 3 nitrogen and oxygen atoms in total. The zero-order chi connectivity index (χ0) is 13.8. The van der Waals surface area contributed by atoms with Crippen LogP contribution in [0.2, 0.25) is 0 Å². The highest BCUT2D eigenvalue weighted by molar-refractivity contribution is 4.87. The summed E-state index contributed by atoms with van der Waals surface area (Å²) in [5, 5.41) is 3.55. The van der Waals surface area contributed by atoms with Crippen molar-refractivity contribution in [3.63, 3.8) is 0 Å². The Morgan fingerprint density at radius 2 is 2.05 bits per heavy atom. The van der Waals surface area contributed by atoms with Gasteiger partial charge in [-0.3, -0.25) is 4.90 Å². The van der Waals surface area contributed by atoms with Gasteiger partial charge in [0.15, 0.2) is 0 Å². The molecule has 0 aromatic carbocycles. The lowest BCUT2D eigenvalue weighted by Gasteiger charge is -2.43. The van der Waals surface area contributed by atoms with Crippen molar-refractivity contribution in [2.45, 2.75) is 64.6 Å². The summed E-state index contributed by atoms with van der Waals surface area (Å²) < 4.78 is 5.82. The van der Waals surface area contributed by atoms with Crippen LogP contribution in [-0.4, -0.2) is 49.8 Å². The molecule has 2 aliphatic rings. The van der Waals surface area contributed by atoms with Gasteiger partial charge in [-0.2, -0.15) is 0 Å². The Balaban J connectivity index is 1.95. The van der Waals surface area contributed by atoms with Gasteiger partial charge in [0.2, 0.25) is 0 Å². The first-order chi connectivity index (χ1) is 9.13. The number of hydrogen-bond acceptors (Lipinski definition) is 3. The van der Waals surface area contributed by atoms with Crippen molar-refractivity contribution in [2.75, 3.05) is 26.7 Å². The van der Waals surface area contributed by atoms with Gasteiger partial charge in [-0.25, -0.2) is 0 Å². The monoisotopic (exact) mass is 268 g/mol. The third kappa shape index (κ3) is 3.93.